The number of hydrogen-bond donors (Lipinski definition) is 0. The van der Waals surface area contributed by atoms with E-state index < -0.39 is 0 Å². The molecule has 0 N–H and O–H groups in total. The molecule has 0 aliphatic heterocycles. The van der Waals surface area contributed by atoms with Gasteiger partial charge < -0.3 is 0 Å². The number of rotatable bonds is 4. The zero-order valence-electron chi connectivity index (χ0n) is 6.82. The van der Waals surface area contributed by atoms with E-state index in [9.17, 15) is 4.79 Å². The molecule has 0 bridgehead atoms. The van der Waals surface area contributed by atoms with Crippen LogP contribution < -0.4 is 0 Å². The lowest BCUT2D eigenvalue weighted by Crippen LogP contribution is -1.92. The molecule has 0 saturated heterocycles. The second-order valence-corrected chi connectivity index (χ2v) is 2.29. The van der Waals surface area contributed by atoms with Crippen LogP contribution in [-0.4, -0.2) is 13.4 Å². The summed E-state index contributed by atoms with van der Waals surface area (Å²) in [5.74, 6) is 0. The summed E-state index contributed by atoms with van der Waals surface area (Å²) < 4.78 is 0. The Morgan fingerprint density at radius 3 is 3.00 bits per heavy atom. The zero-order chi connectivity index (χ0) is 8.81. The summed E-state index contributed by atoms with van der Waals surface area (Å²) in [6.45, 7) is 0.359. The lowest BCUT2D eigenvalue weighted by molar-refractivity contribution is -0.282. The van der Waals surface area contributed by atoms with Crippen LogP contribution in [0.5, 0.6) is 0 Å². The molecule has 0 spiro atoms. The minimum absolute atomic E-state index is 0.359. The van der Waals surface area contributed by atoms with E-state index in [-0.39, 0.29) is 0 Å². The van der Waals surface area contributed by atoms with Crippen molar-refractivity contribution < 1.29 is 14.6 Å². The van der Waals surface area contributed by atoms with Gasteiger partial charge >= 0.3 is 0 Å². The molecule has 1 rings (SSSR count). The summed E-state index contributed by atoms with van der Waals surface area (Å²) in [6, 6.07) is 7.17. The van der Waals surface area contributed by atoms with E-state index >= 15 is 0 Å². The Morgan fingerprint density at radius 2 is 2.33 bits per heavy atom. The van der Waals surface area contributed by atoms with Gasteiger partial charge in [-0.1, -0.05) is 18.2 Å². The molecule has 0 amide bonds. The van der Waals surface area contributed by atoms with Crippen LogP contribution in [0.25, 0.3) is 0 Å². The first-order valence-corrected chi connectivity index (χ1v) is 3.56. The third kappa shape index (κ3) is 2.45. The second kappa shape index (κ2) is 4.64. The molecule has 64 valence electrons. The molecule has 0 unspecified atom stereocenters. The predicted molar refractivity (Wildman–Crippen MR) is 43.6 cm³/mol. The molecule has 0 heterocycles. The van der Waals surface area contributed by atoms with E-state index in [1.165, 1.54) is 7.11 Å². The van der Waals surface area contributed by atoms with E-state index in [2.05, 4.69) is 4.89 Å². The van der Waals surface area contributed by atoms with Crippen molar-refractivity contribution >= 4 is 6.29 Å². The van der Waals surface area contributed by atoms with Crippen LogP contribution in [0.3, 0.4) is 0 Å². The van der Waals surface area contributed by atoms with Crippen LogP contribution in [0.1, 0.15) is 15.9 Å². The van der Waals surface area contributed by atoms with E-state index in [0.717, 1.165) is 11.8 Å². The fraction of sp³-hybridized carbons (Fsp3) is 0.222. The predicted octanol–water partition coefficient (Wildman–Crippen LogP) is 1.58. The zero-order valence-corrected chi connectivity index (χ0v) is 6.82. The molecule has 0 radical (unpaired) electrons. The van der Waals surface area contributed by atoms with Crippen LogP contribution in [0.2, 0.25) is 0 Å². The molecule has 0 saturated carbocycles. The highest BCUT2D eigenvalue weighted by Gasteiger charge is 1.94. The Bertz CT molecular complexity index is 258. The number of benzene rings is 1. The molecule has 0 fully saturated rings. The van der Waals surface area contributed by atoms with E-state index in [4.69, 9.17) is 4.89 Å². The van der Waals surface area contributed by atoms with Gasteiger partial charge in [-0.3, -0.25) is 4.79 Å². The van der Waals surface area contributed by atoms with Gasteiger partial charge in [-0.05, 0) is 11.6 Å². The van der Waals surface area contributed by atoms with Gasteiger partial charge in [0.25, 0.3) is 0 Å². The average molecular weight is 166 g/mol. The van der Waals surface area contributed by atoms with Crippen LogP contribution in [-0.2, 0) is 16.4 Å². The van der Waals surface area contributed by atoms with Crippen molar-refractivity contribution in [2.75, 3.05) is 7.11 Å². The molecule has 3 nitrogen and oxygen atoms in total. The van der Waals surface area contributed by atoms with Gasteiger partial charge in [-0.2, -0.15) is 0 Å². The Labute approximate surface area is 70.8 Å². The molecule has 12 heavy (non-hydrogen) atoms. The van der Waals surface area contributed by atoms with Crippen molar-refractivity contribution in [3.05, 3.63) is 35.4 Å². The van der Waals surface area contributed by atoms with Crippen molar-refractivity contribution in [1.82, 2.24) is 0 Å². The van der Waals surface area contributed by atoms with Gasteiger partial charge in [-0.25, -0.2) is 9.78 Å². The smallest absolute Gasteiger partial charge is 0.150 e. The standard InChI is InChI=1S/C9H10O3/c1-11-12-7-9-4-2-3-8(5-9)6-10/h2-6H,7H2,1H3. The minimum Gasteiger partial charge on any atom is -0.298 e. The van der Waals surface area contributed by atoms with Crippen molar-refractivity contribution in [3.8, 4) is 0 Å². The van der Waals surface area contributed by atoms with Gasteiger partial charge in [0.2, 0.25) is 0 Å². The third-order valence-electron chi connectivity index (χ3n) is 1.43. The molecular formula is C9H10O3. The second-order valence-electron chi connectivity index (χ2n) is 2.29. The van der Waals surface area contributed by atoms with Gasteiger partial charge in [0.15, 0.2) is 0 Å². The first kappa shape index (κ1) is 8.90. The lowest BCUT2D eigenvalue weighted by Gasteiger charge is -2.00. The first-order valence-electron chi connectivity index (χ1n) is 3.56. The highest BCUT2D eigenvalue weighted by molar-refractivity contribution is 5.74. The largest absolute Gasteiger partial charge is 0.298 e. The lowest BCUT2D eigenvalue weighted by atomic mass is 10.1. The first-order chi connectivity index (χ1) is 5.86. The summed E-state index contributed by atoms with van der Waals surface area (Å²) >= 11 is 0. The Kier molecular flexibility index (Phi) is 3.44. The van der Waals surface area contributed by atoms with E-state index in [1.807, 2.05) is 6.07 Å². The maximum absolute atomic E-state index is 10.4. The molecule has 0 aliphatic rings. The van der Waals surface area contributed by atoms with Crippen LogP contribution in [0.4, 0.5) is 0 Å². The monoisotopic (exact) mass is 166 g/mol. The highest BCUT2D eigenvalue weighted by Crippen LogP contribution is 2.04. The normalized spacial score (nSPS) is 9.75. The fourth-order valence-corrected chi connectivity index (χ4v) is 0.883. The maximum Gasteiger partial charge on any atom is 0.150 e. The molecule has 0 aliphatic carbocycles. The average Bonchev–Trinajstić information content (AvgIpc) is 2.15. The number of aldehydes is 1. The summed E-state index contributed by atoms with van der Waals surface area (Å²) in [5, 5.41) is 0. The quantitative estimate of drug-likeness (QED) is 0.387. The minimum atomic E-state index is 0.359. The summed E-state index contributed by atoms with van der Waals surface area (Å²) in [6.07, 6.45) is 0.802. The van der Waals surface area contributed by atoms with Crippen molar-refractivity contribution in [2.45, 2.75) is 6.61 Å². The Balaban J connectivity index is 2.66. The number of carbonyl (C=O) groups is 1. The highest BCUT2D eigenvalue weighted by atomic mass is 17.2. The molecule has 0 aromatic heterocycles. The molecule has 0 atom stereocenters. The van der Waals surface area contributed by atoms with Crippen molar-refractivity contribution in [3.63, 3.8) is 0 Å². The molecule has 3 heteroatoms. The summed E-state index contributed by atoms with van der Waals surface area (Å²) in [5.41, 5.74) is 1.56. The van der Waals surface area contributed by atoms with E-state index in [0.29, 0.717) is 12.2 Å². The Hall–Kier alpha value is -1.19. The third-order valence-corrected chi connectivity index (χ3v) is 1.43. The number of hydrogen-bond acceptors (Lipinski definition) is 3. The van der Waals surface area contributed by atoms with Crippen LogP contribution >= 0.6 is 0 Å². The fourth-order valence-electron chi connectivity index (χ4n) is 0.883. The van der Waals surface area contributed by atoms with Crippen molar-refractivity contribution in [2.24, 2.45) is 0 Å². The maximum atomic E-state index is 10.4. The van der Waals surface area contributed by atoms with Gasteiger partial charge in [0, 0.05) is 5.56 Å². The topological polar surface area (TPSA) is 35.5 Å². The molecule has 1 aromatic rings. The van der Waals surface area contributed by atoms with Gasteiger partial charge in [-0.15, -0.1) is 0 Å². The van der Waals surface area contributed by atoms with Crippen LogP contribution in [0, 0.1) is 0 Å². The van der Waals surface area contributed by atoms with Crippen molar-refractivity contribution in [1.29, 1.82) is 0 Å². The summed E-state index contributed by atoms with van der Waals surface area (Å²) in [4.78, 5) is 19.5. The molecule has 1 aromatic carbocycles. The Morgan fingerprint density at radius 1 is 1.50 bits per heavy atom. The van der Waals surface area contributed by atoms with Gasteiger partial charge in [0.05, 0.1) is 7.11 Å². The van der Waals surface area contributed by atoms with Gasteiger partial charge in [0.1, 0.15) is 12.9 Å². The number of carbonyl (C=O) groups excluding carboxylic acids is 1. The van der Waals surface area contributed by atoms with Crippen LogP contribution in [0.15, 0.2) is 24.3 Å². The summed E-state index contributed by atoms with van der Waals surface area (Å²) in [7, 11) is 1.45. The molecular weight excluding hydrogens is 156 g/mol. The van der Waals surface area contributed by atoms with E-state index in [1.54, 1.807) is 18.2 Å². The SMILES string of the molecule is COOCc1cccc(C=O)c1.